The molecule has 0 bridgehead atoms. The van der Waals surface area contributed by atoms with E-state index in [0.717, 1.165) is 125 Å². The SMILES string of the molecule is C=CC(=O)OCCCCCCOc1cc(C(=O)Oc2c(OC)cc(/C=C/c3ccc(/C=C/c4cc(OC)c(OC(=O)c5cc(OCCCCCCOC(=O)C=C)c(OCCCCCCOC(=O)C=C)c(OCCCCCCOC(=O)C=C)c5)c(OC)c4)cc3)cc2OC)cc(OCCCCCCOC(=O)C=C)c1OCCCCCCOC(=O)C=C. The Morgan fingerprint density at radius 1 is 0.233 bits per heavy atom. The van der Waals surface area contributed by atoms with Crippen LogP contribution in [-0.4, -0.2) is 155 Å². The Morgan fingerprint density at radius 2 is 0.425 bits per heavy atom. The average Bonchev–Trinajstić information content (AvgIpc) is 0.809. The van der Waals surface area contributed by atoms with E-state index < -0.39 is 47.8 Å². The Labute approximate surface area is 705 Å². The molecule has 0 N–H and O–H groups in total. The van der Waals surface area contributed by atoms with Crippen LogP contribution in [0.4, 0.5) is 0 Å². The van der Waals surface area contributed by atoms with E-state index in [4.69, 9.17) is 85.3 Å². The predicted molar refractivity (Wildman–Crippen MR) is 457 cm³/mol. The molecule has 0 unspecified atom stereocenters. The van der Waals surface area contributed by atoms with Gasteiger partial charge in [0, 0.05) is 36.5 Å². The van der Waals surface area contributed by atoms with Gasteiger partial charge in [0.15, 0.2) is 46.0 Å². The lowest BCUT2D eigenvalue weighted by Crippen LogP contribution is -2.13. The Bertz CT molecular complexity index is 3720. The molecule has 26 heteroatoms. The predicted octanol–water partition coefficient (Wildman–Crippen LogP) is 18.5. The van der Waals surface area contributed by atoms with Gasteiger partial charge in [-0.2, -0.15) is 0 Å². The number of carbonyl (C=O) groups excluding carboxylic acids is 8. The van der Waals surface area contributed by atoms with E-state index in [9.17, 15) is 38.4 Å². The summed E-state index contributed by atoms with van der Waals surface area (Å²) in [7, 11) is 5.82. The number of methoxy groups -OCH3 is 4. The summed E-state index contributed by atoms with van der Waals surface area (Å²) in [5, 5.41) is 0. The lowest BCUT2D eigenvalue weighted by Gasteiger charge is -2.19. The number of benzene rings is 5. The monoisotopic (exact) mass is 1660 g/mol. The Morgan fingerprint density at radius 3 is 0.625 bits per heavy atom. The van der Waals surface area contributed by atoms with Crippen LogP contribution in [0.15, 0.2) is 149 Å². The molecule has 0 heterocycles. The smallest absolute Gasteiger partial charge is 0.344 e. The maximum Gasteiger partial charge on any atom is 0.344 e. The number of unbranched alkanes of at least 4 members (excludes halogenated alkanes) is 18. The molecule has 0 aliphatic heterocycles. The van der Waals surface area contributed by atoms with E-state index in [1.165, 1.54) is 28.4 Å². The standard InChI is InChI=1S/C94H118O26/c1-11-83(95)111-53-33-21-17-29-49-107-79-65-73(66-80(108-50-30-18-22-34-54-112-84(96)12-2)89(79)117-59-39-27-25-37-57-115-87(99)15-5)93(101)119-91-75(103-7)61-71(62-76(91)104-8)47-45-69-41-43-70(44-42-69)46-48-72-63-77(105-9)92(78(64-72)106-10)120-94(102)74-67-81(109-51-31-19-23-35-55-113-85(97)13-3)90(118-60-40-28-26-38-58-116-88(100)16-6)82(68-74)110-52-32-20-24-36-56-114-86(98)14-4/h11-16,41-48,61-68H,1-6,17-40,49-60H2,7-10H3/b47-45+,48-46+. The van der Waals surface area contributed by atoms with Crippen LogP contribution in [-0.2, 0) is 57.2 Å². The summed E-state index contributed by atoms with van der Waals surface area (Å²) < 4.78 is 105. The summed E-state index contributed by atoms with van der Waals surface area (Å²) in [6.07, 6.45) is 31.2. The Kier molecular flexibility index (Phi) is 48.7. The van der Waals surface area contributed by atoms with E-state index >= 15 is 0 Å². The first-order valence-electron chi connectivity index (χ1n) is 40.8. The largest absolute Gasteiger partial charge is 0.493 e. The molecule has 0 aromatic heterocycles. The highest BCUT2D eigenvalue weighted by atomic mass is 16.6. The second-order valence-electron chi connectivity index (χ2n) is 27.0. The van der Waals surface area contributed by atoms with Crippen molar-refractivity contribution in [1.29, 1.82) is 0 Å². The van der Waals surface area contributed by atoms with Crippen LogP contribution in [0.5, 0.6) is 69.0 Å². The summed E-state index contributed by atoms with van der Waals surface area (Å²) >= 11 is 0. The van der Waals surface area contributed by atoms with Crippen LogP contribution >= 0.6 is 0 Å². The van der Waals surface area contributed by atoms with Gasteiger partial charge in [-0.3, -0.25) is 0 Å². The number of rotatable bonds is 66. The molecule has 0 saturated heterocycles. The van der Waals surface area contributed by atoms with Crippen molar-refractivity contribution in [3.05, 3.63) is 182 Å². The highest BCUT2D eigenvalue weighted by Gasteiger charge is 2.27. The maximum absolute atomic E-state index is 14.5. The van der Waals surface area contributed by atoms with Gasteiger partial charge in [-0.25, -0.2) is 38.4 Å². The van der Waals surface area contributed by atoms with Crippen molar-refractivity contribution >= 4 is 72.1 Å². The summed E-state index contributed by atoms with van der Waals surface area (Å²) in [5.41, 5.74) is 3.20. The van der Waals surface area contributed by atoms with Crippen molar-refractivity contribution in [2.24, 2.45) is 0 Å². The Balaban J connectivity index is 1.36. The third-order valence-corrected chi connectivity index (χ3v) is 18.0. The normalized spacial score (nSPS) is 10.8. The molecular weight excluding hydrogens is 1550 g/mol. The van der Waals surface area contributed by atoms with Crippen LogP contribution in [0.3, 0.4) is 0 Å². The molecule has 0 spiro atoms. The highest BCUT2D eigenvalue weighted by Crippen LogP contribution is 2.45. The quantitative estimate of drug-likeness (QED) is 0.00872. The van der Waals surface area contributed by atoms with Crippen LogP contribution in [0.25, 0.3) is 24.3 Å². The first-order valence-corrected chi connectivity index (χ1v) is 40.8. The van der Waals surface area contributed by atoms with Gasteiger partial charge in [-0.1, -0.05) is 88.0 Å². The third-order valence-electron chi connectivity index (χ3n) is 18.0. The molecule has 0 radical (unpaired) electrons. The molecule has 5 aromatic carbocycles. The molecule has 0 amide bonds. The van der Waals surface area contributed by atoms with E-state index in [2.05, 4.69) is 39.5 Å². The fourth-order valence-electron chi connectivity index (χ4n) is 11.5. The molecule has 0 saturated carbocycles. The first-order chi connectivity index (χ1) is 58.4. The molecule has 120 heavy (non-hydrogen) atoms. The first kappa shape index (κ1) is 98.4. The van der Waals surface area contributed by atoms with Crippen molar-refractivity contribution in [2.45, 2.75) is 154 Å². The number of esters is 8. The minimum absolute atomic E-state index is 0.0223. The van der Waals surface area contributed by atoms with Gasteiger partial charge in [0.25, 0.3) is 0 Å². The van der Waals surface area contributed by atoms with Gasteiger partial charge < -0.3 is 85.3 Å². The molecule has 26 nitrogen and oxygen atoms in total. The van der Waals surface area contributed by atoms with Crippen LogP contribution in [0.1, 0.15) is 197 Å². The molecule has 5 rings (SSSR count). The summed E-state index contributed by atoms with van der Waals surface area (Å²) in [5.74, 6) is -1.92. The zero-order valence-corrected chi connectivity index (χ0v) is 70.0. The van der Waals surface area contributed by atoms with Gasteiger partial charge in [-0.05, 0) is 225 Å². The topological polar surface area (TPSA) is 303 Å². The molecule has 0 fully saturated rings. The van der Waals surface area contributed by atoms with Gasteiger partial charge >= 0.3 is 47.8 Å². The zero-order valence-electron chi connectivity index (χ0n) is 70.0. The van der Waals surface area contributed by atoms with E-state index in [0.29, 0.717) is 99.7 Å². The number of ether oxygens (including phenoxy) is 18. The van der Waals surface area contributed by atoms with Gasteiger partial charge in [0.05, 0.1) is 119 Å². The van der Waals surface area contributed by atoms with Crippen molar-refractivity contribution < 1.29 is 124 Å². The zero-order chi connectivity index (χ0) is 86.8. The minimum atomic E-state index is -0.773. The lowest BCUT2D eigenvalue weighted by molar-refractivity contribution is -0.138. The fraction of sp³-hybridized carbons (Fsp3) is 0.426. The summed E-state index contributed by atoms with van der Waals surface area (Å²) in [6, 6.07) is 20.8. The molecule has 0 atom stereocenters. The second-order valence-corrected chi connectivity index (χ2v) is 27.0. The maximum atomic E-state index is 14.5. The van der Waals surface area contributed by atoms with Gasteiger partial charge in [0.1, 0.15) is 0 Å². The van der Waals surface area contributed by atoms with Crippen molar-refractivity contribution in [2.75, 3.05) is 108 Å². The van der Waals surface area contributed by atoms with Crippen molar-refractivity contribution in [3.8, 4) is 69.0 Å². The number of hydrogen-bond acceptors (Lipinski definition) is 26. The van der Waals surface area contributed by atoms with Crippen molar-refractivity contribution in [3.63, 3.8) is 0 Å². The van der Waals surface area contributed by atoms with Crippen LogP contribution in [0, 0.1) is 0 Å². The van der Waals surface area contributed by atoms with Crippen LogP contribution in [0.2, 0.25) is 0 Å². The van der Waals surface area contributed by atoms with Crippen LogP contribution < -0.4 is 56.8 Å². The van der Waals surface area contributed by atoms with E-state index in [1.54, 1.807) is 48.5 Å². The minimum Gasteiger partial charge on any atom is -0.493 e. The number of hydrogen-bond donors (Lipinski definition) is 0. The Hall–Kier alpha value is -12.2. The third kappa shape index (κ3) is 38.5. The van der Waals surface area contributed by atoms with Gasteiger partial charge in [-0.15, -0.1) is 0 Å². The highest BCUT2D eigenvalue weighted by molar-refractivity contribution is 5.95. The summed E-state index contributed by atoms with van der Waals surface area (Å²) in [6.45, 7) is 23.8. The average molecular weight is 1660 g/mol. The van der Waals surface area contributed by atoms with Crippen molar-refractivity contribution in [1.82, 2.24) is 0 Å². The van der Waals surface area contributed by atoms with Gasteiger partial charge in [0.2, 0.25) is 23.0 Å². The molecular formula is C94H118O26. The molecule has 650 valence electrons. The van der Waals surface area contributed by atoms with E-state index in [-0.39, 0.29) is 148 Å². The van der Waals surface area contributed by atoms with E-state index in [1.807, 2.05) is 48.6 Å². The lowest BCUT2D eigenvalue weighted by atomic mass is 10.1. The molecule has 0 aliphatic carbocycles. The molecule has 5 aromatic rings. The second kappa shape index (κ2) is 59.4. The fourth-order valence-corrected chi connectivity index (χ4v) is 11.5. The molecule has 0 aliphatic rings. The summed E-state index contributed by atoms with van der Waals surface area (Å²) in [4.78, 5) is 98.4. The number of carbonyl (C=O) groups is 8.